The van der Waals surface area contributed by atoms with E-state index in [1.807, 2.05) is 0 Å². The van der Waals surface area contributed by atoms with Gasteiger partial charge >= 0.3 is 11.9 Å². The van der Waals surface area contributed by atoms with Gasteiger partial charge in [-0.2, -0.15) is 0 Å². The van der Waals surface area contributed by atoms with Crippen molar-refractivity contribution in [1.29, 1.82) is 0 Å². The third-order valence-corrected chi connectivity index (χ3v) is 1.31. The fourth-order valence-corrected chi connectivity index (χ4v) is 0.762. The van der Waals surface area contributed by atoms with Crippen molar-refractivity contribution in [2.45, 2.75) is 33.3 Å². The van der Waals surface area contributed by atoms with E-state index in [0.29, 0.717) is 0 Å². The second kappa shape index (κ2) is 4.79. The SMILES string of the molecule is C/C=C(/C(=O)OC)C(=O)OC(C)(C)C. The van der Waals surface area contributed by atoms with Gasteiger partial charge in [0, 0.05) is 0 Å². The molecule has 0 aliphatic heterocycles. The first kappa shape index (κ1) is 12.7. The Labute approximate surface area is 83.9 Å². The molecule has 0 saturated heterocycles. The predicted octanol–water partition coefficient (Wildman–Crippen LogP) is 1.45. The molecule has 4 heteroatoms. The summed E-state index contributed by atoms with van der Waals surface area (Å²) < 4.78 is 9.44. The van der Waals surface area contributed by atoms with Crippen LogP contribution in [0.5, 0.6) is 0 Å². The topological polar surface area (TPSA) is 52.6 Å². The summed E-state index contributed by atoms with van der Waals surface area (Å²) in [6.45, 7) is 6.77. The molecule has 0 amide bonds. The zero-order valence-electron chi connectivity index (χ0n) is 9.21. The molecule has 0 heterocycles. The van der Waals surface area contributed by atoms with E-state index in [2.05, 4.69) is 4.74 Å². The normalized spacial score (nSPS) is 12.2. The van der Waals surface area contributed by atoms with E-state index >= 15 is 0 Å². The third kappa shape index (κ3) is 4.07. The lowest BCUT2D eigenvalue weighted by Crippen LogP contribution is -2.27. The van der Waals surface area contributed by atoms with Crippen molar-refractivity contribution in [1.82, 2.24) is 0 Å². The number of ether oxygens (including phenoxy) is 2. The van der Waals surface area contributed by atoms with Crippen molar-refractivity contribution in [3.63, 3.8) is 0 Å². The smallest absolute Gasteiger partial charge is 0.345 e. The van der Waals surface area contributed by atoms with Crippen LogP contribution in [0.3, 0.4) is 0 Å². The Kier molecular flexibility index (Phi) is 4.34. The van der Waals surface area contributed by atoms with Crippen molar-refractivity contribution < 1.29 is 19.1 Å². The van der Waals surface area contributed by atoms with Crippen LogP contribution in [0, 0.1) is 0 Å². The molecule has 0 aliphatic rings. The van der Waals surface area contributed by atoms with Crippen molar-refractivity contribution in [2.24, 2.45) is 0 Å². The fourth-order valence-electron chi connectivity index (χ4n) is 0.762. The summed E-state index contributed by atoms with van der Waals surface area (Å²) in [6.07, 6.45) is 1.37. The molecular weight excluding hydrogens is 184 g/mol. The molecule has 0 aromatic heterocycles. The Morgan fingerprint density at radius 3 is 1.93 bits per heavy atom. The number of carbonyl (C=O) groups excluding carboxylic acids is 2. The van der Waals surface area contributed by atoms with Gasteiger partial charge in [0.05, 0.1) is 7.11 Å². The highest BCUT2D eigenvalue weighted by Crippen LogP contribution is 2.11. The maximum absolute atomic E-state index is 11.4. The van der Waals surface area contributed by atoms with Gasteiger partial charge < -0.3 is 9.47 Å². The Balaban J connectivity index is 4.59. The molecule has 0 aromatic carbocycles. The third-order valence-electron chi connectivity index (χ3n) is 1.31. The fraction of sp³-hybridized carbons (Fsp3) is 0.600. The van der Waals surface area contributed by atoms with Crippen molar-refractivity contribution in [2.75, 3.05) is 7.11 Å². The minimum Gasteiger partial charge on any atom is -0.465 e. The van der Waals surface area contributed by atoms with E-state index < -0.39 is 17.5 Å². The van der Waals surface area contributed by atoms with Crippen LogP contribution in [0.1, 0.15) is 27.7 Å². The molecule has 80 valence electrons. The molecule has 0 aromatic rings. The molecule has 0 fully saturated rings. The van der Waals surface area contributed by atoms with Gasteiger partial charge in [-0.05, 0) is 27.7 Å². The summed E-state index contributed by atoms with van der Waals surface area (Å²) in [4.78, 5) is 22.5. The molecule has 0 saturated carbocycles. The summed E-state index contributed by atoms with van der Waals surface area (Å²) >= 11 is 0. The Morgan fingerprint density at radius 1 is 1.14 bits per heavy atom. The van der Waals surface area contributed by atoms with E-state index in [1.165, 1.54) is 13.2 Å². The van der Waals surface area contributed by atoms with Gasteiger partial charge in [-0.25, -0.2) is 9.59 Å². The number of carbonyl (C=O) groups is 2. The summed E-state index contributed by atoms with van der Waals surface area (Å²) in [6, 6.07) is 0. The average Bonchev–Trinajstić information content (AvgIpc) is 2.01. The van der Waals surface area contributed by atoms with Crippen LogP contribution in [0.25, 0.3) is 0 Å². The van der Waals surface area contributed by atoms with Crippen LogP contribution in [0.15, 0.2) is 11.6 Å². The largest absolute Gasteiger partial charge is 0.465 e. The van der Waals surface area contributed by atoms with Crippen LogP contribution in [0.4, 0.5) is 0 Å². The number of hydrogen-bond acceptors (Lipinski definition) is 4. The van der Waals surface area contributed by atoms with Gasteiger partial charge in [0.25, 0.3) is 0 Å². The van der Waals surface area contributed by atoms with Gasteiger partial charge in [0.15, 0.2) is 0 Å². The lowest BCUT2D eigenvalue weighted by atomic mass is 10.2. The molecule has 0 spiro atoms. The van der Waals surface area contributed by atoms with E-state index in [4.69, 9.17) is 4.74 Å². The number of hydrogen-bond donors (Lipinski definition) is 0. The highest BCUT2D eigenvalue weighted by atomic mass is 16.6. The molecular formula is C10H16O4. The highest BCUT2D eigenvalue weighted by Gasteiger charge is 2.24. The number of allylic oxidation sites excluding steroid dienone is 1. The predicted molar refractivity (Wildman–Crippen MR) is 51.6 cm³/mol. The van der Waals surface area contributed by atoms with E-state index in [0.717, 1.165) is 0 Å². The molecule has 4 nitrogen and oxygen atoms in total. The van der Waals surface area contributed by atoms with Gasteiger partial charge in [0.2, 0.25) is 0 Å². The molecule has 0 radical (unpaired) electrons. The lowest BCUT2D eigenvalue weighted by Gasteiger charge is -2.19. The summed E-state index contributed by atoms with van der Waals surface area (Å²) in [5.41, 5.74) is -0.693. The monoisotopic (exact) mass is 200 g/mol. The maximum atomic E-state index is 11.4. The van der Waals surface area contributed by atoms with Crippen molar-refractivity contribution in [3.8, 4) is 0 Å². The van der Waals surface area contributed by atoms with E-state index in [9.17, 15) is 9.59 Å². The van der Waals surface area contributed by atoms with Crippen LogP contribution in [-0.4, -0.2) is 24.6 Å². The molecule has 0 aliphatic carbocycles. The number of rotatable bonds is 2. The Bertz CT molecular complexity index is 258. The van der Waals surface area contributed by atoms with E-state index in [-0.39, 0.29) is 5.57 Å². The van der Waals surface area contributed by atoms with Gasteiger partial charge in [0.1, 0.15) is 11.2 Å². The molecule has 0 unspecified atom stereocenters. The molecule has 0 atom stereocenters. The number of esters is 2. The molecule has 0 N–H and O–H groups in total. The second-order valence-corrected chi connectivity index (χ2v) is 3.70. The first-order chi connectivity index (χ1) is 6.31. The van der Waals surface area contributed by atoms with Crippen LogP contribution >= 0.6 is 0 Å². The van der Waals surface area contributed by atoms with Gasteiger partial charge in [-0.1, -0.05) is 6.08 Å². The van der Waals surface area contributed by atoms with Crippen LogP contribution in [-0.2, 0) is 19.1 Å². The minimum atomic E-state index is -0.679. The number of methoxy groups -OCH3 is 1. The van der Waals surface area contributed by atoms with Crippen LogP contribution < -0.4 is 0 Å². The highest BCUT2D eigenvalue weighted by molar-refractivity contribution is 6.14. The molecule has 14 heavy (non-hydrogen) atoms. The summed E-state index contributed by atoms with van der Waals surface area (Å²) in [5.74, 6) is -1.34. The van der Waals surface area contributed by atoms with Gasteiger partial charge in [-0.15, -0.1) is 0 Å². The first-order valence-corrected chi connectivity index (χ1v) is 4.29. The zero-order valence-corrected chi connectivity index (χ0v) is 9.21. The van der Waals surface area contributed by atoms with Gasteiger partial charge in [-0.3, -0.25) is 0 Å². The van der Waals surface area contributed by atoms with E-state index in [1.54, 1.807) is 27.7 Å². The summed E-state index contributed by atoms with van der Waals surface area (Å²) in [7, 11) is 1.22. The maximum Gasteiger partial charge on any atom is 0.345 e. The molecule has 0 bridgehead atoms. The Hall–Kier alpha value is -1.32. The van der Waals surface area contributed by atoms with Crippen molar-refractivity contribution in [3.05, 3.63) is 11.6 Å². The summed E-state index contributed by atoms with van der Waals surface area (Å²) in [5, 5.41) is 0. The standard InChI is InChI=1S/C10H16O4/c1-6-7(8(11)13-5)9(12)14-10(2,3)4/h6H,1-5H3/b7-6-. The lowest BCUT2D eigenvalue weighted by molar-refractivity contribution is -0.153. The zero-order chi connectivity index (χ0) is 11.4. The Morgan fingerprint density at radius 2 is 1.64 bits per heavy atom. The van der Waals surface area contributed by atoms with Crippen LogP contribution in [0.2, 0.25) is 0 Å². The first-order valence-electron chi connectivity index (χ1n) is 4.29. The van der Waals surface area contributed by atoms with Crippen molar-refractivity contribution >= 4 is 11.9 Å². The quantitative estimate of drug-likeness (QED) is 0.293. The minimum absolute atomic E-state index is 0.0811. The molecule has 0 rings (SSSR count). The second-order valence-electron chi connectivity index (χ2n) is 3.70. The average molecular weight is 200 g/mol.